The number of methoxy groups -OCH3 is 2. The van der Waals surface area contributed by atoms with Gasteiger partial charge in [-0.2, -0.15) is 0 Å². The zero-order valence-electron chi connectivity index (χ0n) is 20.4. The zero-order valence-corrected chi connectivity index (χ0v) is 20.4. The van der Waals surface area contributed by atoms with Crippen LogP contribution >= 0.6 is 0 Å². The number of fused-ring (bicyclic) bond motifs is 2. The van der Waals surface area contributed by atoms with Crippen molar-refractivity contribution in [1.29, 1.82) is 0 Å². The lowest BCUT2D eigenvalue weighted by atomic mass is 9.95. The minimum atomic E-state index is 0.503. The summed E-state index contributed by atoms with van der Waals surface area (Å²) in [6, 6.07) is 6.48. The van der Waals surface area contributed by atoms with E-state index in [2.05, 4.69) is 15.0 Å². The van der Waals surface area contributed by atoms with Crippen molar-refractivity contribution in [3.63, 3.8) is 0 Å². The van der Waals surface area contributed by atoms with Crippen LogP contribution in [0.25, 0.3) is 22.4 Å². The van der Waals surface area contributed by atoms with Gasteiger partial charge in [-0.05, 0) is 38.3 Å². The predicted molar refractivity (Wildman–Crippen MR) is 131 cm³/mol. The first-order valence-corrected chi connectivity index (χ1v) is 12.5. The monoisotopic (exact) mass is 480 g/mol. The van der Waals surface area contributed by atoms with E-state index in [0.29, 0.717) is 42.4 Å². The Bertz CT molecular complexity index is 1230. The van der Waals surface area contributed by atoms with Gasteiger partial charge in [0, 0.05) is 43.9 Å². The van der Waals surface area contributed by atoms with Crippen molar-refractivity contribution in [3.8, 4) is 23.0 Å². The van der Waals surface area contributed by atoms with Crippen LogP contribution in [0.2, 0.25) is 0 Å². The van der Waals surface area contributed by atoms with Gasteiger partial charge < -0.3 is 23.4 Å². The number of furan rings is 1. The van der Waals surface area contributed by atoms with E-state index in [0.717, 1.165) is 60.8 Å². The molecule has 2 saturated heterocycles. The van der Waals surface area contributed by atoms with Gasteiger partial charge in [0.1, 0.15) is 28.6 Å². The molecule has 6 rings (SSSR count). The van der Waals surface area contributed by atoms with Crippen molar-refractivity contribution >= 4 is 16.9 Å². The van der Waals surface area contributed by atoms with E-state index in [1.165, 1.54) is 19.4 Å². The van der Waals surface area contributed by atoms with Gasteiger partial charge in [-0.3, -0.25) is 4.90 Å². The van der Waals surface area contributed by atoms with Crippen LogP contribution in [-0.2, 0) is 15.9 Å². The summed E-state index contributed by atoms with van der Waals surface area (Å²) >= 11 is 0. The second-order valence-electron chi connectivity index (χ2n) is 9.57. The minimum Gasteiger partial charge on any atom is -0.496 e. The van der Waals surface area contributed by atoms with E-state index in [4.69, 9.17) is 23.4 Å². The normalized spacial score (nSPS) is 21.2. The standard InChI is InChI=1S/C26H32N4O5/c1-31-19-10-22(34-16-17-4-3-7-29(14-17)18-5-8-33-9-6-18)20-12-24(35-23(20)11-19)21-15-30-25(27-21)13-26(28-30)32-2/h10-12,15,17-18H,3-9,13-14,16H2,1-2H3. The average molecular weight is 481 g/mol. The molecular weight excluding hydrogens is 448 g/mol. The molecule has 0 saturated carbocycles. The fraction of sp³-hybridized carbons (Fsp3) is 0.538. The Balaban J connectivity index is 1.20. The zero-order chi connectivity index (χ0) is 23.8. The molecule has 9 nitrogen and oxygen atoms in total. The molecule has 5 heterocycles. The Hall–Kier alpha value is -3.04. The number of likely N-dealkylation sites (tertiary alicyclic amines) is 1. The molecule has 2 fully saturated rings. The summed E-state index contributed by atoms with van der Waals surface area (Å²) in [6.07, 6.45) is 7.12. The number of nitrogens with zero attached hydrogens (tertiary/aromatic N) is 4. The largest absolute Gasteiger partial charge is 0.496 e. The molecule has 35 heavy (non-hydrogen) atoms. The highest BCUT2D eigenvalue weighted by Crippen LogP contribution is 2.37. The molecule has 0 aliphatic carbocycles. The van der Waals surface area contributed by atoms with Gasteiger partial charge in [0.05, 0.1) is 38.8 Å². The number of piperidine rings is 1. The molecule has 3 aliphatic rings. The summed E-state index contributed by atoms with van der Waals surface area (Å²) in [4.78, 5) is 7.33. The molecule has 0 radical (unpaired) electrons. The van der Waals surface area contributed by atoms with Crippen molar-refractivity contribution in [2.75, 3.05) is 47.1 Å². The van der Waals surface area contributed by atoms with Crippen LogP contribution in [0.4, 0.5) is 0 Å². The maximum absolute atomic E-state index is 6.42. The van der Waals surface area contributed by atoms with E-state index >= 15 is 0 Å². The Kier molecular flexibility index (Phi) is 6.12. The molecule has 0 N–H and O–H groups in total. The summed E-state index contributed by atoms with van der Waals surface area (Å²) in [7, 11) is 3.28. The lowest BCUT2D eigenvalue weighted by Gasteiger charge is -2.39. The maximum Gasteiger partial charge on any atom is 0.214 e. The molecule has 1 atom stereocenters. The molecule has 0 spiro atoms. The second-order valence-corrected chi connectivity index (χ2v) is 9.57. The molecule has 2 aromatic heterocycles. The Morgan fingerprint density at radius 2 is 1.97 bits per heavy atom. The number of hydrogen-bond acceptors (Lipinski definition) is 8. The third kappa shape index (κ3) is 4.50. The molecule has 0 bridgehead atoms. The number of rotatable bonds is 6. The molecule has 3 aliphatic heterocycles. The van der Waals surface area contributed by atoms with E-state index in [1.807, 2.05) is 24.4 Å². The first-order chi connectivity index (χ1) is 17.2. The van der Waals surface area contributed by atoms with Gasteiger partial charge in [0.25, 0.3) is 0 Å². The molecule has 9 heteroatoms. The first-order valence-electron chi connectivity index (χ1n) is 12.5. The van der Waals surface area contributed by atoms with Crippen LogP contribution in [0.3, 0.4) is 0 Å². The highest BCUT2D eigenvalue weighted by molar-refractivity contribution is 5.89. The van der Waals surface area contributed by atoms with Crippen molar-refractivity contribution in [2.24, 2.45) is 11.0 Å². The van der Waals surface area contributed by atoms with E-state index in [1.54, 1.807) is 18.9 Å². The number of hydrogen-bond donors (Lipinski definition) is 0. The second kappa shape index (κ2) is 9.54. The molecule has 186 valence electrons. The SMILES string of the molecule is COC1=Nn2cc(-c3cc4c(OCC5CCCN(C6CCOCC6)C5)cc(OC)cc4o3)nc2C1. The summed E-state index contributed by atoms with van der Waals surface area (Å²) in [6.45, 7) is 4.70. The van der Waals surface area contributed by atoms with Gasteiger partial charge in [-0.15, -0.1) is 5.10 Å². The third-order valence-corrected chi connectivity index (χ3v) is 7.32. The number of aromatic nitrogens is 2. The molecular formula is C26H32N4O5. The predicted octanol–water partition coefficient (Wildman–Crippen LogP) is 3.94. The van der Waals surface area contributed by atoms with Gasteiger partial charge in [-0.25, -0.2) is 9.66 Å². The summed E-state index contributed by atoms with van der Waals surface area (Å²) in [5, 5.41) is 5.31. The maximum atomic E-state index is 6.42. The number of imidazole rings is 1. The van der Waals surface area contributed by atoms with Crippen molar-refractivity contribution in [1.82, 2.24) is 14.6 Å². The molecule has 1 aromatic carbocycles. The molecule has 3 aromatic rings. The Morgan fingerprint density at radius 3 is 2.77 bits per heavy atom. The highest BCUT2D eigenvalue weighted by atomic mass is 16.5. The van der Waals surface area contributed by atoms with Crippen molar-refractivity contribution in [2.45, 2.75) is 38.1 Å². The van der Waals surface area contributed by atoms with E-state index in [-0.39, 0.29) is 0 Å². The van der Waals surface area contributed by atoms with Gasteiger partial charge in [-0.1, -0.05) is 0 Å². The van der Waals surface area contributed by atoms with Crippen LogP contribution < -0.4 is 9.47 Å². The smallest absolute Gasteiger partial charge is 0.214 e. The van der Waals surface area contributed by atoms with Gasteiger partial charge in [0.2, 0.25) is 5.90 Å². The van der Waals surface area contributed by atoms with Crippen molar-refractivity contribution in [3.05, 3.63) is 30.2 Å². The quantitative estimate of drug-likeness (QED) is 0.528. The number of ether oxygens (including phenoxy) is 4. The van der Waals surface area contributed by atoms with Gasteiger partial charge in [0.15, 0.2) is 5.76 Å². The Morgan fingerprint density at radius 1 is 1.09 bits per heavy atom. The van der Waals surface area contributed by atoms with E-state index < -0.39 is 0 Å². The van der Waals surface area contributed by atoms with E-state index in [9.17, 15) is 0 Å². The van der Waals surface area contributed by atoms with Gasteiger partial charge >= 0.3 is 0 Å². The first kappa shape index (κ1) is 22.4. The average Bonchev–Trinajstić information content (AvgIpc) is 3.60. The topological polar surface area (TPSA) is 83.5 Å². The fourth-order valence-corrected chi connectivity index (χ4v) is 5.41. The molecule has 0 amide bonds. The lowest BCUT2D eigenvalue weighted by Crippen LogP contribution is -2.46. The van der Waals surface area contributed by atoms with Crippen LogP contribution in [0.15, 0.2) is 33.9 Å². The highest BCUT2D eigenvalue weighted by Gasteiger charge is 2.28. The summed E-state index contributed by atoms with van der Waals surface area (Å²) in [5.41, 5.74) is 1.45. The Labute approximate surface area is 204 Å². The van der Waals surface area contributed by atoms with Crippen molar-refractivity contribution < 1.29 is 23.4 Å². The third-order valence-electron chi connectivity index (χ3n) is 7.32. The van der Waals surface area contributed by atoms with Crippen LogP contribution in [-0.4, -0.2) is 73.6 Å². The molecule has 1 unspecified atom stereocenters. The number of benzene rings is 1. The lowest BCUT2D eigenvalue weighted by molar-refractivity contribution is 0.0127. The van der Waals surface area contributed by atoms with Crippen LogP contribution in [0.5, 0.6) is 11.5 Å². The minimum absolute atomic E-state index is 0.503. The van der Waals surface area contributed by atoms with Crippen LogP contribution in [0, 0.1) is 5.92 Å². The summed E-state index contributed by atoms with van der Waals surface area (Å²) < 4.78 is 30.7. The summed E-state index contributed by atoms with van der Waals surface area (Å²) in [5.74, 6) is 4.16. The van der Waals surface area contributed by atoms with Crippen LogP contribution in [0.1, 0.15) is 31.5 Å². The fourth-order valence-electron chi connectivity index (χ4n) is 5.41.